The summed E-state index contributed by atoms with van der Waals surface area (Å²) in [6, 6.07) is 5.25. The first kappa shape index (κ1) is 12.7. The van der Waals surface area contributed by atoms with Gasteiger partial charge in [-0.1, -0.05) is 0 Å². The summed E-state index contributed by atoms with van der Waals surface area (Å²) in [4.78, 5) is 0. The Morgan fingerprint density at radius 2 is 2.28 bits per heavy atom. The fourth-order valence-electron chi connectivity index (χ4n) is 1.92. The standard InChI is InChI=1S/C13H18N2O3/c1-16-12-7-9(13(14)15)4-5-11(12)18-10-3-2-6-17-8-10/h4-5,7,10H,2-3,6,8H2,1H3,(H3,14,15). The second kappa shape index (κ2) is 5.73. The Kier molecular flexibility index (Phi) is 4.04. The summed E-state index contributed by atoms with van der Waals surface area (Å²) in [5.41, 5.74) is 6.06. The van der Waals surface area contributed by atoms with Gasteiger partial charge >= 0.3 is 0 Å². The average molecular weight is 250 g/mol. The van der Waals surface area contributed by atoms with E-state index >= 15 is 0 Å². The molecular formula is C13H18N2O3. The van der Waals surface area contributed by atoms with Crippen LogP contribution in [0.25, 0.3) is 0 Å². The molecule has 0 radical (unpaired) electrons. The van der Waals surface area contributed by atoms with Crippen molar-refractivity contribution in [3.05, 3.63) is 23.8 Å². The molecular weight excluding hydrogens is 232 g/mol. The highest BCUT2D eigenvalue weighted by Gasteiger charge is 2.17. The fraction of sp³-hybridized carbons (Fsp3) is 0.462. The normalized spacial score (nSPS) is 19.3. The van der Waals surface area contributed by atoms with Gasteiger partial charge in [0.05, 0.1) is 13.7 Å². The van der Waals surface area contributed by atoms with Crippen LogP contribution in [-0.4, -0.2) is 32.3 Å². The lowest BCUT2D eigenvalue weighted by Crippen LogP contribution is -2.28. The Balaban J connectivity index is 2.13. The molecule has 0 saturated carbocycles. The number of amidine groups is 1. The zero-order chi connectivity index (χ0) is 13.0. The summed E-state index contributed by atoms with van der Waals surface area (Å²) < 4.78 is 16.5. The molecule has 3 N–H and O–H groups in total. The van der Waals surface area contributed by atoms with Crippen LogP contribution in [0.2, 0.25) is 0 Å². The summed E-state index contributed by atoms with van der Waals surface area (Å²) in [5, 5.41) is 7.39. The van der Waals surface area contributed by atoms with Crippen molar-refractivity contribution in [1.29, 1.82) is 5.41 Å². The Bertz CT molecular complexity index is 428. The van der Waals surface area contributed by atoms with Crippen LogP contribution in [0, 0.1) is 5.41 Å². The van der Waals surface area contributed by atoms with Crippen LogP contribution in [0.3, 0.4) is 0 Å². The number of ether oxygens (including phenoxy) is 3. The second-order valence-corrected chi connectivity index (χ2v) is 4.24. The van der Waals surface area contributed by atoms with Crippen molar-refractivity contribution in [1.82, 2.24) is 0 Å². The average Bonchev–Trinajstić information content (AvgIpc) is 2.40. The molecule has 0 aliphatic carbocycles. The summed E-state index contributed by atoms with van der Waals surface area (Å²) in [6.07, 6.45) is 2.06. The lowest BCUT2D eigenvalue weighted by atomic mass is 10.1. The van der Waals surface area contributed by atoms with Crippen molar-refractivity contribution in [3.63, 3.8) is 0 Å². The molecule has 1 aliphatic rings. The molecule has 18 heavy (non-hydrogen) atoms. The van der Waals surface area contributed by atoms with Gasteiger partial charge in [0.1, 0.15) is 11.9 Å². The minimum atomic E-state index is 0.0147. The molecule has 1 atom stereocenters. The van der Waals surface area contributed by atoms with Crippen LogP contribution in [-0.2, 0) is 4.74 Å². The molecule has 0 bridgehead atoms. The molecule has 5 heteroatoms. The molecule has 1 aliphatic heterocycles. The first-order valence-electron chi connectivity index (χ1n) is 5.97. The van der Waals surface area contributed by atoms with Gasteiger partial charge in [0.15, 0.2) is 11.5 Å². The van der Waals surface area contributed by atoms with E-state index in [1.165, 1.54) is 0 Å². The zero-order valence-electron chi connectivity index (χ0n) is 10.4. The highest BCUT2D eigenvalue weighted by Crippen LogP contribution is 2.30. The molecule has 1 fully saturated rings. The van der Waals surface area contributed by atoms with Crippen molar-refractivity contribution in [2.24, 2.45) is 5.73 Å². The van der Waals surface area contributed by atoms with Gasteiger partial charge in [0.2, 0.25) is 0 Å². The lowest BCUT2D eigenvalue weighted by molar-refractivity contribution is 0.00644. The predicted octanol–water partition coefficient (Wildman–Crippen LogP) is 1.54. The van der Waals surface area contributed by atoms with E-state index < -0.39 is 0 Å². The SMILES string of the molecule is COc1cc(C(=N)N)ccc1OC1CCCOC1. The first-order chi connectivity index (χ1) is 8.70. The van der Waals surface area contributed by atoms with Crippen molar-refractivity contribution in [3.8, 4) is 11.5 Å². The third-order valence-electron chi connectivity index (χ3n) is 2.89. The van der Waals surface area contributed by atoms with E-state index in [1.807, 2.05) is 0 Å². The largest absolute Gasteiger partial charge is 0.493 e. The minimum absolute atomic E-state index is 0.0147. The van der Waals surface area contributed by atoms with E-state index in [9.17, 15) is 0 Å². The summed E-state index contributed by atoms with van der Waals surface area (Å²) in [7, 11) is 1.57. The number of methoxy groups -OCH3 is 1. The molecule has 1 aromatic carbocycles. The third kappa shape index (κ3) is 2.92. The molecule has 1 saturated heterocycles. The van der Waals surface area contributed by atoms with Crippen LogP contribution in [0.4, 0.5) is 0 Å². The molecule has 0 spiro atoms. The maximum atomic E-state index is 7.39. The molecule has 5 nitrogen and oxygen atoms in total. The van der Waals surface area contributed by atoms with Gasteiger partial charge in [0.25, 0.3) is 0 Å². The lowest BCUT2D eigenvalue weighted by Gasteiger charge is -2.24. The number of nitrogen functional groups attached to an aromatic ring is 1. The topological polar surface area (TPSA) is 77.6 Å². The van der Waals surface area contributed by atoms with Gasteiger partial charge < -0.3 is 19.9 Å². The molecule has 2 rings (SSSR count). The van der Waals surface area contributed by atoms with Crippen LogP contribution < -0.4 is 15.2 Å². The molecule has 1 aromatic rings. The summed E-state index contributed by atoms with van der Waals surface area (Å²) >= 11 is 0. The van der Waals surface area contributed by atoms with Crippen LogP contribution in [0.1, 0.15) is 18.4 Å². The number of nitrogens with one attached hydrogen (secondary N) is 1. The monoisotopic (exact) mass is 250 g/mol. The smallest absolute Gasteiger partial charge is 0.161 e. The Hall–Kier alpha value is -1.75. The van der Waals surface area contributed by atoms with Crippen LogP contribution >= 0.6 is 0 Å². The molecule has 98 valence electrons. The predicted molar refractivity (Wildman–Crippen MR) is 68.5 cm³/mol. The number of hydrogen-bond donors (Lipinski definition) is 2. The minimum Gasteiger partial charge on any atom is -0.493 e. The van der Waals surface area contributed by atoms with Gasteiger partial charge in [-0.05, 0) is 31.0 Å². The Morgan fingerprint density at radius 1 is 1.44 bits per heavy atom. The summed E-state index contributed by atoms with van der Waals surface area (Å²) in [5.74, 6) is 1.27. The maximum Gasteiger partial charge on any atom is 0.161 e. The van der Waals surface area contributed by atoms with Gasteiger partial charge in [0, 0.05) is 12.2 Å². The fourth-order valence-corrected chi connectivity index (χ4v) is 1.92. The van der Waals surface area contributed by atoms with Gasteiger partial charge in [-0.25, -0.2) is 0 Å². The van der Waals surface area contributed by atoms with E-state index in [0.717, 1.165) is 19.4 Å². The second-order valence-electron chi connectivity index (χ2n) is 4.24. The number of nitrogens with two attached hydrogens (primary N) is 1. The molecule has 1 heterocycles. The van der Waals surface area contributed by atoms with E-state index in [4.69, 9.17) is 25.4 Å². The first-order valence-corrected chi connectivity index (χ1v) is 5.97. The van der Waals surface area contributed by atoms with Crippen LogP contribution in [0.15, 0.2) is 18.2 Å². The molecule has 0 aromatic heterocycles. The van der Waals surface area contributed by atoms with Gasteiger partial charge in [-0.3, -0.25) is 5.41 Å². The summed E-state index contributed by atoms with van der Waals surface area (Å²) in [6.45, 7) is 1.41. The van der Waals surface area contributed by atoms with Crippen LogP contribution in [0.5, 0.6) is 11.5 Å². The highest BCUT2D eigenvalue weighted by atomic mass is 16.5. The zero-order valence-corrected chi connectivity index (χ0v) is 10.4. The van der Waals surface area contributed by atoms with E-state index in [1.54, 1.807) is 25.3 Å². The highest BCUT2D eigenvalue weighted by molar-refractivity contribution is 5.95. The van der Waals surface area contributed by atoms with Gasteiger partial charge in [-0.2, -0.15) is 0 Å². The third-order valence-corrected chi connectivity index (χ3v) is 2.89. The number of rotatable bonds is 4. The van der Waals surface area contributed by atoms with Crippen molar-refractivity contribution in [2.75, 3.05) is 20.3 Å². The van der Waals surface area contributed by atoms with Gasteiger partial charge in [-0.15, -0.1) is 0 Å². The van der Waals surface area contributed by atoms with Crippen molar-refractivity contribution < 1.29 is 14.2 Å². The Morgan fingerprint density at radius 3 is 2.89 bits per heavy atom. The van der Waals surface area contributed by atoms with Crippen molar-refractivity contribution >= 4 is 5.84 Å². The van der Waals surface area contributed by atoms with E-state index in [-0.39, 0.29) is 11.9 Å². The van der Waals surface area contributed by atoms with E-state index in [2.05, 4.69) is 0 Å². The van der Waals surface area contributed by atoms with E-state index in [0.29, 0.717) is 23.7 Å². The van der Waals surface area contributed by atoms with Crippen molar-refractivity contribution in [2.45, 2.75) is 18.9 Å². The number of hydrogen-bond acceptors (Lipinski definition) is 4. The molecule has 0 amide bonds. The molecule has 1 unspecified atom stereocenters. The quantitative estimate of drug-likeness (QED) is 0.627. The maximum absolute atomic E-state index is 7.39. The Labute approximate surface area is 106 Å². The number of benzene rings is 1.